The van der Waals surface area contributed by atoms with E-state index < -0.39 is 12.1 Å². The van der Waals surface area contributed by atoms with Crippen LogP contribution in [0.3, 0.4) is 0 Å². The molecule has 1 aromatic rings. The summed E-state index contributed by atoms with van der Waals surface area (Å²) in [5, 5.41) is 7.12. The Hall–Kier alpha value is -2.14. The fraction of sp³-hybridized carbons (Fsp3) is 0.722. The number of fused-ring (bicyclic) bond motifs is 1. The van der Waals surface area contributed by atoms with Gasteiger partial charge in [-0.1, -0.05) is 6.42 Å². The first-order valence-electron chi connectivity index (χ1n) is 9.40. The molecule has 3 rings (SSSR count). The maximum atomic E-state index is 11.5. The van der Waals surface area contributed by atoms with Gasteiger partial charge in [0, 0.05) is 33.2 Å². The highest BCUT2D eigenvalue weighted by atomic mass is 19.4. The number of hydrogen-bond donors (Lipinski definition) is 1. The quantitative estimate of drug-likeness (QED) is 0.785. The number of nitrogens with zero attached hydrogens (tertiary/aromatic N) is 4. The van der Waals surface area contributed by atoms with Gasteiger partial charge in [0.2, 0.25) is 5.91 Å². The number of amides is 1. The van der Waals surface area contributed by atoms with Gasteiger partial charge in [0.15, 0.2) is 0 Å². The van der Waals surface area contributed by atoms with Crippen LogP contribution in [0.4, 0.5) is 13.2 Å². The van der Waals surface area contributed by atoms with Crippen LogP contribution in [0.1, 0.15) is 43.7 Å². The molecule has 8 nitrogen and oxygen atoms in total. The molecule has 2 heterocycles. The Bertz CT molecular complexity index is 716. The molecule has 1 aromatic heterocycles. The van der Waals surface area contributed by atoms with Crippen LogP contribution in [0.2, 0.25) is 0 Å². The highest BCUT2D eigenvalue weighted by Gasteiger charge is 2.38. The van der Waals surface area contributed by atoms with E-state index in [0.29, 0.717) is 12.6 Å². The zero-order valence-electron chi connectivity index (χ0n) is 16.8. The minimum Gasteiger partial charge on any atom is -0.475 e. The van der Waals surface area contributed by atoms with Crippen molar-refractivity contribution in [2.75, 3.05) is 27.2 Å². The van der Waals surface area contributed by atoms with E-state index in [1.807, 2.05) is 6.20 Å². The normalized spacial score (nSPS) is 19.6. The molecule has 1 fully saturated rings. The highest BCUT2D eigenvalue weighted by Crippen LogP contribution is 2.34. The van der Waals surface area contributed by atoms with Crippen LogP contribution in [0.5, 0.6) is 0 Å². The Kier molecular flexibility index (Phi) is 7.64. The summed E-state index contributed by atoms with van der Waals surface area (Å²) in [5.41, 5.74) is 1.07. The summed E-state index contributed by atoms with van der Waals surface area (Å²) in [6.07, 6.45) is 0.832. The monoisotopic (exact) mass is 420 g/mol. The van der Waals surface area contributed by atoms with Crippen LogP contribution in [0.15, 0.2) is 6.20 Å². The second-order valence-electron chi connectivity index (χ2n) is 7.34. The number of halogens is 3. The fourth-order valence-electron chi connectivity index (χ4n) is 3.28. The van der Waals surface area contributed by atoms with Crippen LogP contribution >= 0.6 is 0 Å². The van der Waals surface area contributed by atoms with Crippen LogP contribution in [0, 0.1) is 0 Å². The van der Waals surface area contributed by atoms with Crippen LogP contribution in [-0.2, 0) is 27.5 Å². The Morgan fingerprint density at radius 1 is 1.31 bits per heavy atom. The summed E-state index contributed by atoms with van der Waals surface area (Å²) >= 11 is 0. The molecule has 1 aliphatic heterocycles. The summed E-state index contributed by atoms with van der Waals surface area (Å²) in [7, 11) is 3.48. The lowest BCUT2D eigenvalue weighted by Gasteiger charge is -2.43. The fourth-order valence-corrected chi connectivity index (χ4v) is 3.28. The number of carboxylic acid groups (broad SMARTS) is 1. The van der Waals surface area contributed by atoms with Gasteiger partial charge in [-0.05, 0) is 19.8 Å². The van der Waals surface area contributed by atoms with E-state index in [4.69, 9.17) is 14.6 Å². The lowest BCUT2D eigenvalue weighted by atomic mass is 9.90. The number of alkyl halides is 3. The Morgan fingerprint density at radius 2 is 1.93 bits per heavy atom. The maximum Gasteiger partial charge on any atom is 0.490 e. The van der Waals surface area contributed by atoms with E-state index in [0.717, 1.165) is 30.6 Å². The second kappa shape index (κ2) is 9.57. The number of carboxylic acids is 1. The molecule has 1 atom stereocenters. The van der Waals surface area contributed by atoms with E-state index >= 15 is 0 Å². The van der Waals surface area contributed by atoms with Crippen molar-refractivity contribution >= 4 is 11.9 Å². The van der Waals surface area contributed by atoms with Gasteiger partial charge in [-0.25, -0.2) is 9.78 Å². The first-order valence-corrected chi connectivity index (χ1v) is 9.40. The summed E-state index contributed by atoms with van der Waals surface area (Å²) < 4.78 is 39.5. The molecule has 164 valence electrons. The number of rotatable bonds is 5. The lowest BCUT2D eigenvalue weighted by molar-refractivity contribution is -0.192. The molecular weight excluding hydrogens is 393 g/mol. The van der Waals surface area contributed by atoms with Crippen molar-refractivity contribution in [3.8, 4) is 0 Å². The van der Waals surface area contributed by atoms with E-state index in [-0.39, 0.29) is 12.5 Å². The molecule has 29 heavy (non-hydrogen) atoms. The largest absolute Gasteiger partial charge is 0.490 e. The van der Waals surface area contributed by atoms with Crippen molar-refractivity contribution in [1.29, 1.82) is 0 Å². The maximum absolute atomic E-state index is 11.5. The molecule has 1 aliphatic carbocycles. The minimum atomic E-state index is -5.08. The molecule has 0 bridgehead atoms. The highest BCUT2D eigenvalue weighted by molar-refractivity contribution is 5.76. The van der Waals surface area contributed by atoms with Crippen molar-refractivity contribution < 1.29 is 32.6 Å². The molecule has 0 radical (unpaired) electrons. The van der Waals surface area contributed by atoms with Crippen molar-refractivity contribution in [2.24, 2.45) is 0 Å². The van der Waals surface area contributed by atoms with Crippen molar-refractivity contribution in [3.05, 3.63) is 17.7 Å². The van der Waals surface area contributed by atoms with Gasteiger partial charge in [-0.15, -0.1) is 0 Å². The predicted molar refractivity (Wildman–Crippen MR) is 97.0 cm³/mol. The van der Waals surface area contributed by atoms with Crippen molar-refractivity contribution in [3.63, 3.8) is 0 Å². The SMILES string of the molecule is CC1c2ncc(COCC(=O)N(C)C)n2CCN1C1CCC1.O=C(O)C(F)(F)F. The molecule has 2 aliphatic rings. The van der Waals surface area contributed by atoms with Crippen molar-refractivity contribution in [1.82, 2.24) is 19.4 Å². The molecular formula is C18H27F3N4O4. The lowest BCUT2D eigenvalue weighted by Crippen LogP contribution is -2.47. The standard InChI is InChI=1S/C16H26N4O2.C2HF3O2/c1-12-16-17-9-14(10-22-11-15(21)18(2)3)20(16)8-7-19(12)13-5-4-6-13;3-2(4,5)1(6)7/h9,12-13H,4-8,10-11H2,1-3H3;(H,6,7). The zero-order chi connectivity index (χ0) is 21.8. The molecule has 1 unspecified atom stereocenters. The topological polar surface area (TPSA) is 87.9 Å². The number of aliphatic carboxylic acids is 1. The number of hydrogen-bond acceptors (Lipinski definition) is 5. The average molecular weight is 420 g/mol. The zero-order valence-corrected chi connectivity index (χ0v) is 16.8. The van der Waals surface area contributed by atoms with Gasteiger partial charge in [0.05, 0.1) is 24.5 Å². The van der Waals surface area contributed by atoms with Gasteiger partial charge in [-0.2, -0.15) is 13.2 Å². The molecule has 11 heteroatoms. The molecule has 0 saturated heterocycles. The van der Waals surface area contributed by atoms with Gasteiger partial charge < -0.3 is 19.3 Å². The van der Waals surface area contributed by atoms with Gasteiger partial charge in [0.1, 0.15) is 12.4 Å². The Labute approximate surface area is 167 Å². The summed E-state index contributed by atoms with van der Waals surface area (Å²) in [6.45, 7) is 4.87. The number of likely N-dealkylation sites (N-methyl/N-ethyl adjacent to an activating group) is 1. The molecule has 0 aromatic carbocycles. The molecule has 1 N–H and O–H groups in total. The third-order valence-electron chi connectivity index (χ3n) is 5.18. The average Bonchev–Trinajstić information content (AvgIpc) is 2.99. The van der Waals surface area contributed by atoms with E-state index in [1.54, 1.807) is 19.0 Å². The van der Waals surface area contributed by atoms with Gasteiger partial charge in [-0.3, -0.25) is 9.69 Å². The van der Waals surface area contributed by atoms with Crippen LogP contribution in [0.25, 0.3) is 0 Å². The van der Waals surface area contributed by atoms with Gasteiger partial charge >= 0.3 is 12.1 Å². The summed E-state index contributed by atoms with van der Waals surface area (Å²) in [6, 6.07) is 1.12. The van der Waals surface area contributed by atoms with Crippen LogP contribution < -0.4 is 0 Å². The summed E-state index contributed by atoms with van der Waals surface area (Å²) in [5.74, 6) is -1.63. The van der Waals surface area contributed by atoms with Gasteiger partial charge in [0.25, 0.3) is 0 Å². The first-order chi connectivity index (χ1) is 13.5. The predicted octanol–water partition coefficient (Wildman–Crippen LogP) is 2.05. The third-order valence-corrected chi connectivity index (χ3v) is 5.18. The number of carbonyl (C=O) groups is 2. The number of carbonyl (C=O) groups excluding carboxylic acids is 1. The Morgan fingerprint density at radius 3 is 2.41 bits per heavy atom. The summed E-state index contributed by atoms with van der Waals surface area (Å²) in [4.78, 5) is 29.2. The third kappa shape index (κ3) is 5.92. The second-order valence-corrected chi connectivity index (χ2v) is 7.34. The smallest absolute Gasteiger partial charge is 0.475 e. The van der Waals surface area contributed by atoms with E-state index in [9.17, 15) is 18.0 Å². The van der Waals surface area contributed by atoms with Crippen LogP contribution in [-0.4, -0.2) is 75.8 Å². The number of imidazole rings is 1. The van der Waals surface area contributed by atoms with E-state index in [1.165, 1.54) is 19.3 Å². The van der Waals surface area contributed by atoms with Crippen molar-refractivity contribution in [2.45, 2.75) is 57.6 Å². The molecule has 0 spiro atoms. The van der Waals surface area contributed by atoms with E-state index in [2.05, 4.69) is 21.4 Å². The minimum absolute atomic E-state index is 0.0112. The molecule has 1 saturated carbocycles. The number of ether oxygens (including phenoxy) is 1. The first kappa shape index (κ1) is 23.1. The number of aromatic nitrogens is 2. The molecule has 1 amide bonds. The Balaban J connectivity index is 0.000000370.